The molecule has 0 aromatic heterocycles. The number of imide groups is 1. The number of ether oxygens (including phenoxy) is 1. The summed E-state index contributed by atoms with van der Waals surface area (Å²) in [5.41, 5.74) is 0.833. The number of hydrogen-bond acceptors (Lipinski definition) is 4. The van der Waals surface area contributed by atoms with E-state index in [9.17, 15) is 14.4 Å². The van der Waals surface area contributed by atoms with Gasteiger partial charge in [-0.3, -0.25) is 19.3 Å². The zero-order chi connectivity index (χ0) is 14.7. The van der Waals surface area contributed by atoms with Gasteiger partial charge in [0.2, 0.25) is 0 Å². The van der Waals surface area contributed by atoms with Crippen LogP contribution in [0.3, 0.4) is 0 Å². The summed E-state index contributed by atoms with van der Waals surface area (Å²) in [5.74, 6) is -1.01. The summed E-state index contributed by atoms with van der Waals surface area (Å²) in [6, 6.07) is 6.71. The average molecular weight is 340 g/mol. The molecule has 0 bridgehead atoms. The Kier molecular flexibility index (Phi) is 4.54. The molecule has 20 heavy (non-hydrogen) atoms. The number of nitrogens with zero attached hydrogens (tertiary/aromatic N) is 1. The second-order valence-electron chi connectivity index (χ2n) is 4.32. The van der Waals surface area contributed by atoms with Gasteiger partial charge in [-0.05, 0) is 25.5 Å². The van der Waals surface area contributed by atoms with E-state index >= 15 is 0 Å². The first kappa shape index (κ1) is 14.7. The first-order valence-corrected chi connectivity index (χ1v) is 7.23. The number of amides is 2. The van der Waals surface area contributed by atoms with Gasteiger partial charge in [0.1, 0.15) is 4.83 Å². The summed E-state index contributed by atoms with van der Waals surface area (Å²) in [7, 11) is 0. The van der Waals surface area contributed by atoms with Crippen LogP contribution in [-0.2, 0) is 9.53 Å². The third-order valence-corrected chi connectivity index (χ3v) is 3.86. The van der Waals surface area contributed by atoms with Crippen molar-refractivity contribution < 1.29 is 19.1 Å². The second-order valence-corrected chi connectivity index (χ2v) is 5.42. The van der Waals surface area contributed by atoms with E-state index in [-0.39, 0.29) is 24.3 Å². The van der Waals surface area contributed by atoms with Crippen LogP contribution in [0, 0.1) is 0 Å². The number of esters is 1. The van der Waals surface area contributed by atoms with Crippen molar-refractivity contribution in [2.24, 2.45) is 0 Å². The lowest BCUT2D eigenvalue weighted by Gasteiger charge is -2.15. The summed E-state index contributed by atoms with van der Waals surface area (Å²) in [5, 5.41) is 0. The molecule has 1 aliphatic heterocycles. The Balaban J connectivity index is 2.01. The second kappa shape index (κ2) is 6.17. The maximum absolute atomic E-state index is 12.1. The molecule has 0 saturated carbocycles. The molecule has 0 spiro atoms. The van der Waals surface area contributed by atoms with Crippen molar-refractivity contribution in [3.63, 3.8) is 0 Å². The lowest BCUT2D eigenvalue weighted by molar-refractivity contribution is -0.142. The summed E-state index contributed by atoms with van der Waals surface area (Å²) in [6.07, 6.45) is 0.324. The van der Waals surface area contributed by atoms with Gasteiger partial charge < -0.3 is 4.74 Å². The molecule has 6 heteroatoms. The predicted octanol–water partition coefficient (Wildman–Crippen LogP) is 2.00. The van der Waals surface area contributed by atoms with Gasteiger partial charge in [0.15, 0.2) is 0 Å². The molecule has 1 atom stereocenters. The molecule has 0 N–H and O–H groups in total. The maximum Gasteiger partial charge on any atom is 0.319 e. The van der Waals surface area contributed by atoms with E-state index in [1.54, 1.807) is 31.2 Å². The summed E-state index contributed by atoms with van der Waals surface area (Å²) in [4.78, 5) is 36.3. The monoisotopic (exact) mass is 339 g/mol. The van der Waals surface area contributed by atoms with Crippen LogP contribution >= 0.6 is 15.9 Å². The van der Waals surface area contributed by atoms with Crippen molar-refractivity contribution in [3.8, 4) is 0 Å². The van der Waals surface area contributed by atoms with E-state index in [4.69, 9.17) is 4.74 Å². The SMILES string of the molecule is CCOC(=O)C(Br)CCN1C(=O)c2ccccc2C1=O. The highest BCUT2D eigenvalue weighted by atomic mass is 79.9. The van der Waals surface area contributed by atoms with E-state index in [0.717, 1.165) is 4.90 Å². The molecule has 0 fully saturated rings. The van der Waals surface area contributed by atoms with Gasteiger partial charge in [-0.25, -0.2) is 0 Å². The summed E-state index contributed by atoms with van der Waals surface area (Å²) in [6.45, 7) is 2.21. The summed E-state index contributed by atoms with van der Waals surface area (Å²) < 4.78 is 4.86. The molecule has 1 heterocycles. The van der Waals surface area contributed by atoms with Crippen molar-refractivity contribution >= 4 is 33.7 Å². The molecule has 0 radical (unpaired) electrons. The average Bonchev–Trinajstić information content (AvgIpc) is 2.69. The number of rotatable bonds is 5. The van der Waals surface area contributed by atoms with E-state index in [1.807, 2.05) is 0 Å². The minimum absolute atomic E-state index is 0.182. The van der Waals surface area contributed by atoms with Crippen LogP contribution in [0.25, 0.3) is 0 Å². The molecule has 0 saturated heterocycles. The van der Waals surface area contributed by atoms with Crippen LogP contribution < -0.4 is 0 Å². The van der Waals surface area contributed by atoms with Crippen molar-refractivity contribution in [2.45, 2.75) is 18.2 Å². The quantitative estimate of drug-likeness (QED) is 0.467. The smallest absolute Gasteiger partial charge is 0.319 e. The lowest BCUT2D eigenvalue weighted by Crippen LogP contribution is -2.33. The molecule has 1 aromatic rings. The van der Waals surface area contributed by atoms with Gasteiger partial charge in [0.25, 0.3) is 11.8 Å². The first-order valence-electron chi connectivity index (χ1n) is 6.32. The molecule has 5 nitrogen and oxygen atoms in total. The number of halogens is 1. The highest BCUT2D eigenvalue weighted by molar-refractivity contribution is 9.10. The Labute approximate surface area is 125 Å². The molecule has 1 unspecified atom stereocenters. The van der Waals surface area contributed by atoms with E-state index in [2.05, 4.69) is 15.9 Å². The van der Waals surface area contributed by atoms with Gasteiger partial charge in [-0.1, -0.05) is 28.1 Å². The van der Waals surface area contributed by atoms with Crippen molar-refractivity contribution in [3.05, 3.63) is 35.4 Å². The number of benzene rings is 1. The predicted molar refractivity (Wildman–Crippen MR) is 75.8 cm³/mol. The van der Waals surface area contributed by atoms with Crippen molar-refractivity contribution in [1.29, 1.82) is 0 Å². The molecule has 2 rings (SSSR count). The van der Waals surface area contributed by atoms with Gasteiger partial charge >= 0.3 is 5.97 Å². The fraction of sp³-hybridized carbons (Fsp3) is 0.357. The molecule has 1 aromatic carbocycles. The minimum Gasteiger partial charge on any atom is -0.465 e. The standard InChI is InChI=1S/C14H14BrNO4/c1-2-20-14(19)11(15)7-8-16-12(17)9-5-3-4-6-10(9)13(16)18/h3-6,11H,2,7-8H2,1H3. The maximum atomic E-state index is 12.1. The minimum atomic E-state index is -0.522. The van der Waals surface area contributed by atoms with Crippen LogP contribution in [0.2, 0.25) is 0 Å². The van der Waals surface area contributed by atoms with Gasteiger partial charge in [0.05, 0.1) is 17.7 Å². The van der Waals surface area contributed by atoms with Crippen LogP contribution in [0.1, 0.15) is 34.1 Å². The number of carbonyl (C=O) groups is 3. The first-order chi connectivity index (χ1) is 9.56. The summed E-state index contributed by atoms with van der Waals surface area (Å²) >= 11 is 3.20. The van der Waals surface area contributed by atoms with Crippen LogP contribution in [0.5, 0.6) is 0 Å². The Morgan fingerprint density at radius 3 is 2.30 bits per heavy atom. The zero-order valence-electron chi connectivity index (χ0n) is 11.0. The topological polar surface area (TPSA) is 63.7 Å². The highest BCUT2D eigenvalue weighted by Gasteiger charge is 2.35. The molecule has 2 amide bonds. The Morgan fingerprint density at radius 1 is 1.25 bits per heavy atom. The Morgan fingerprint density at radius 2 is 1.80 bits per heavy atom. The molecule has 106 valence electrons. The van der Waals surface area contributed by atoms with E-state index in [1.165, 1.54) is 0 Å². The number of carbonyl (C=O) groups excluding carboxylic acids is 3. The molecule has 1 aliphatic rings. The van der Waals surface area contributed by atoms with Crippen LogP contribution in [-0.4, -0.2) is 40.7 Å². The third-order valence-electron chi connectivity index (χ3n) is 3.03. The zero-order valence-corrected chi connectivity index (χ0v) is 12.6. The normalized spacial score (nSPS) is 15.2. The fourth-order valence-corrected chi connectivity index (χ4v) is 2.37. The highest BCUT2D eigenvalue weighted by Crippen LogP contribution is 2.23. The third kappa shape index (κ3) is 2.75. The van der Waals surface area contributed by atoms with Gasteiger partial charge in [0, 0.05) is 6.54 Å². The van der Waals surface area contributed by atoms with Gasteiger partial charge in [-0.2, -0.15) is 0 Å². The van der Waals surface area contributed by atoms with Crippen LogP contribution in [0.4, 0.5) is 0 Å². The van der Waals surface area contributed by atoms with Crippen LogP contribution in [0.15, 0.2) is 24.3 Å². The van der Waals surface area contributed by atoms with Crippen molar-refractivity contribution in [1.82, 2.24) is 4.90 Å². The van der Waals surface area contributed by atoms with E-state index < -0.39 is 4.83 Å². The largest absolute Gasteiger partial charge is 0.465 e. The van der Waals surface area contributed by atoms with E-state index in [0.29, 0.717) is 24.2 Å². The number of fused-ring (bicyclic) bond motifs is 1. The molecule has 0 aliphatic carbocycles. The number of alkyl halides is 1. The Hall–Kier alpha value is -1.69. The fourth-order valence-electron chi connectivity index (χ4n) is 2.04. The number of hydrogen-bond donors (Lipinski definition) is 0. The molecular weight excluding hydrogens is 326 g/mol. The Bertz CT molecular complexity index is 523. The van der Waals surface area contributed by atoms with Gasteiger partial charge in [-0.15, -0.1) is 0 Å². The molecular formula is C14H14BrNO4. The van der Waals surface area contributed by atoms with Crippen molar-refractivity contribution in [2.75, 3.05) is 13.2 Å². The lowest BCUT2D eigenvalue weighted by atomic mass is 10.1.